The van der Waals surface area contributed by atoms with E-state index in [4.69, 9.17) is 0 Å². The summed E-state index contributed by atoms with van der Waals surface area (Å²) in [6.45, 7) is 3.20. The summed E-state index contributed by atoms with van der Waals surface area (Å²) in [5.41, 5.74) is 1.71. The van der Waals surface area contributed by atoms with E-state index in [0.29, 0.717) is 24.5 Å². The van der Waals surface area contributed by atoms with Crippen LogP contribution in [0.5, 0.6) is 0 Å². The lowest BCUT2D eigenvalue weighted by atomic mass is 10.2. The van der Waals surface area contributed by atoms with Gasteiger partial charge < -0.3 is 10.2 Å². The van der Waals surface area contributed by atoms with Crippen LogP contribution in [0.25, 0.3) is 0 Å². The van der Waals surface area contributed by atoms with Gasteiger partial charge in [0.05, 0.1) is 0 Å². The van der Waals surface area contributed by atoms with Crippen LogP contribution in [0.2, 0.25) is 0 Å². The summed E-state index contributed by atoms with van der Waals surface area (Å²) in [4.78, 5) is 22.4. The van der Waals surface area contributed by atoms with E-state index in [1.54, 1.807) is 42.7 Å². The van der Waals surface area contributed by atoms with Gasteiger partial charge in [-0.2, -0.15) is 0 Å². The first kappa shape index (κ1) is 14.0. The molecule has 2 aromatic heterocycles. The topological polar surface area (TPSA) is 58.1 Å². The van der Waals surface area contributed by atoms with E-state index < -0.39 is 0 Å². The van der Waals surface area contributed by atoms with E-state index in [9.17, 15) is 4.79 Å². The van der Waals surface area contributed by atoms with Crippen LogP contribution < -0.4 is 5.32 Å². The van der Waals surface area contributed by atoms with Crippen LogP contribution in [0, 0.1) is 0 Å². The number of rotatable bonds is 5. The normalized spacial score (nSPS) is 10.1. The summed E-state index contributed by atoms with van der Waals surface area (Å²) in [6, 6.07) is 7.33. The Bertz CT molecular complexity index is 571. The average molecular weight is 270 g/mol. The highest BCUT2D eigenvalue weighted by molar-refractivity contribution is 5.94. The number of pyridine rings is 2. The molecular formula is C15H18N4O. The fraction of sp³-hybridized carbons (Fsp3) is 0.267. The lowest BCUT2D eigenvalue weighted by Crippen LogP contribution is -2.30. The van der Waals surface area contributed by atoms with Gasteiger partial charge in [-0.05, 0) is 36.8 Å². The number of carbonyl (C=O) groups excluding carboxylic acids is 1. The second kappa shape index (κ2) is 6.65. The van der Waals surface area contributed by atoms with E-state index in [0.717, 1.165) is 5.56 Å². The minimum absolute atomic E-state index is 0.00297. The Morgan fingerprint density at radius 3 is 2.65 bits per heavy atom. The molecular weight excluding hydrogens is 252 g/mol. The SMILES string of the molecule is CCN(Cc1ccncc1)C(=O)c1ccnc(NC)c1. The monoisotopic (exact) mass is 270 g/mol. The van der Waals surface area contributed by atoms with Gasteiger partial charge in [-0.25, -0.2) is 4.98 Å². The molecule has 0 saturated carbocycles. The summed E-state index contributed by atoms with van der Waals surface area (Å²) < 4.78 is 0. The molecule has 2 rings (SSSR count). The molecule has 2 heterocycles. The van der Waals surface area contributed by atoms with E-state index in [1.807, 2.05) is 19.1 Å². The molecule has 0 unspecified atom stereocenters. The number of amides is 1. The third-order valence-corrected chi connectivity index (χ3v) is 3.05. The average Bonchev–Trinajstić information content (AvgIpc) is 2.53. The lowest BCUT2D eigenvalue weighted by molar-refractivity contribution is 0.0752. The smallest absolute Gasteiger partial charge is 0.254 e. The number of anilines is 1. The lowest BCUT2D eigenvalue weighted by Gasteiger charge is -2.21. The van der Waals surface area contributed by atoms with Crippen LogP contribution in [0.4, 0.5) is 5.82 Å². The summed E-state index contributed by atoms with van der Waals surface area (Å²) in [6.07, 6.45) is 5.11. The highest BCUT2D eigenvalue weighted by Gasteiger charge is 2.15. The molecule has 5 nitrogen and oxygen atoms in total. The van der Waals surface area contributed by atoms with Crippen LogP contribution in [-0.2, 0) is 6.54 Å². The summed E-state index contributed by atoms with van der Waals surface area (Å²) in [5.74, 6) is 0.694. The van der Waals surface area contributed by atoms with Gasteiger partial charge in [0.15, 0.2) is 0 Å². The van der Waals surface area contributed by atoms with Gasteiger partial charge in [0.2, 0.25) is 0 Å². The molecule has 0 aromatic carbocycles. The summed E-state index contributed by atoms with van der Waals surface area (Å²) in [7, 11) is 1.78. The number of carbonyl (C=O) groups is 1. The molecule has 0 saturated heterocycles. The highest BCUT2D eigenvalue weighted by Crippen LogP contribution is 2.12. The largest absolute Gasteiger partial charge is 0.373 e. The van der Waals surface area contributed by atoms with Gasteiger partial charge in [0.1, 0.15) is 5.82 Å². The van der Waals surface area contributed by atoms with Crippen molar-refractivity contribution in [2.45, 2.75) is 13.5 Å². The Hall–Kier alpha value is -2.43. The van der Waals surface area contributed by atoms with E-state index >= 15 is 0 Å². The Balaban J connectivity index is 2.16. The van der Waals surface area contributed by atoms with Crippen molar-refractivity contribution in [3.8, 4) is 0 Å². The molecule has 1 N–H and O–H groups in total. The fourth-order valence-corrected chi connectivity index (χ4v) is 1.92. The molecule has 0 radical (unpaired) electrons. The van der Waals surface area contributed by atoms with Crippen LogP contribution >= 0.6 is 0 Å². The number of nitrogens with one attached hydrogen (secondary N) is 1. The zero-order valence-electron chi connectivity index (χ0n) is 11.7. The standard InChI is InChI=1S/C15H18N4O/c1-3-19(11-12-4-7-17-8-5-12)15(20)13-6-9-18-14(10-13)16-2/h4-10H,3,11H2,1-2H3,(H,16,18). The van der Waals surface area contributed by atoms with Crippen molar-refractivity contribution in [1.29, 1.82) is 0 Å². The zero-order chi connectivity index (χ0) is 14.4. The van der Waals surface area contributed by atoms with Gasteiger partial charge >= 0.3 is 0 Å². The van der Waals surface area contributed by atoms with Crippen LogP contribution in [0.1, 0.15) is 22.8 Å². The molecule has 0 atom stereocenters. The third-order valence-electron chi connectivity index (χ3n) is 3.05. The predicted molar refractivity (Wildman–Crippen MR) is 78.4 cm³/mol. The minimum Gasteiger partial charge on any atom is -0.373 e. The molecule has 2 aromatic rings. The molecule has 0 bridgehead atoms. The van der Waals surface area contributed by atoms with Gasteiger partial charge in [-0.15, -0.1) is 0 Å². The number of hydrogen-bond acceptors (Lipinski definition) is 4. The van der Waals surface area contributed by atoms with Gasteiger partial charge in [0.25, 0.3) is 5.91 Å². The Morgan fingerprint density at radius 2 is 2.00 bits per heavy atom. The van der Waals surface area contributed by atoms with Crippen LogP contribution in [-0.4, -0.2) is 34.4 Å². The van der Waals surface area contributed by atoms with Crippen LogP contribution in [0.3, 0.4) is 0 Å². The quantitative estimate of drug-likeness (QED) is 0.904. The first-order valence-corrected chi connectivity index (χ1v) is 6.56. The second-order valence-electron chi connectivity index (χ2n) is 4.35. The maximum Gasteiger partial charge on any atom is 0.254 e. The van der Waals surface area contributed by atoms with Crippen molar-refractivity contribution in [2.24, 2.45) is 0 Å². The molecule has 0 aliphatic heterocycles. The third kappa shape index (κ3) is 3.32. The molecule has 0 fully saturated rings. The van der Waals surface area contributed by atoms with E-state index in [-0.39, 0.29) is 5.91 Å². The van der Waals surface area contributed by atoms with Gasteiger partial charge in [-0.3, -0.25) is 9.78 Å². The zero-order valence-corrected chi connectivity index (χ0v) is 11.7. The molecule has 20 heavy (non-hydrogen) atoms. The Morgan fingerprint density at radius 1 is 1.25 bits per heavy atom. The van der Waals surface area contributed by atoms with Crippen LogP contribution in [0.15, 0.2) is 42.9 Å². The molecule has 5 heteroatoms. The Kier molecular flexibility index (Phi) is 4.65. The minimum atomic E-state index is 0.00297. The van der Waals surface area contributed by atoms with Crippen molar-refractivity contribution < 1.29 is 4.79 Å². The van der Waals surface area contributed by atoms with Crippen molar-refractivity contribution in [3.05, 3.63) is 54.0 Å². The maximum absolute atomic E-state index is 12.5. The number of nitrogens with zero attached hydrogens (tertiary/aromatic N) is 3. The van der Waals surface area contributed by atoms with Gasteiger partial charge in [-0.1, -0.05) is 0 Å². The van der Waals surface area contributed by atoms with Crippen molar-refractivity contribution in [1.82, 2.24) is 14.9 Å². The highest BCUT2D eigenvalue weighted by atomic mass is 16.2. The molecule has 1 amide bonds. The van der Waals surface area contributed by atoms with Crippen molar-refractivity contribution in [3.63, 3.8) is 0 Å². The van der Waals surface area contributed by atoms with Gasteiger partial charge in [0, 0.05) is 44.3 Å². The van der Waals surface area contributed by atoms with E-state index in [2.05, 4.69) is 15.3 Å². The molecule has 0 spiro atoms. The molecule has 104 valence electrons. The summed E-state index contributed by atoms with van der Waals surface area (Å²) >= 11 is 0. The van der Waals surface area contributed by atoms with E-state index in [1.165, 1.54) is 0 Å². The second-order valence-corrected chi connectivity index (χ2v) is 4.35. The molecule has 0 aliphatic carbocycles. The van der Waals surface area contributed by atoms with Crippen molar-refractivity contribution >= 4 is 11.7 Å². The maximum atomic E-state index is 12.5. The molecule has 0 aliphatic rings. The Labute approximate surface area is 118 Å². The fourth-order valence-electron chi connectivity index (χ4n) is 1.92. The number of aromatic nitrogens is 2. The number of hydrogen-bond donors (Lipinski definition) is 1. The first-order valence-electron chi connectivity index (χ1n) is 6.56. The predicted octanol–water partition coefficient (Wildman–Crippen LogP) is 2.18. The van der Waals surface area contributed by atoms with Crippen molar-refractivity contribution in [2.75, 3.05) is 18.9 Å². The first-order chi connectivity index (χ1) is 9.74. The summed E-state index contributed by atoms with van der Waals surface area (Å²) in [5, 5.41) is 2.94.